The van der Waals surface area contributed by atoms with E-state index < -0.39 is 11.9 Å². The fraction of sp³-hybridized carbons (Fsp3) is 0.400. The molecule has 2 heterocycles. The maximum Gasteiger partial charge on any atom is 0.433 e. The summed E-state index contributed by atoms with van der Waals surface area (Å²) in [5, 5.41) is 4.41. The van der Waals surface area contributed by atoms with Crippen molar-refractivity contribution in [2.75, 3.05) is 0 Å². The standard InChI is InChI=1S/C10H9ClF3N3/c1-5(2)17-9-6(4-15-17)7(11)3-8(16-9)10(12,13)14/h3-5H,1-2H3. The zero-order valence-corrected chi connectivity index (χ0v) is 9.84. The minimum absolute atomic E-state index is 0.00854. The molecule has 0 N–H and O–H groups in total. The van der Waals surface area contributed by atoms with Gasteiger partial charge >= 0.3 is 6.18 Å². The second-order valence-electron chi connectivity index (χ2n) is 3.91. The van der Waals surface area contributed by atoms with Gasteiger partial charge in [0.15, 0.2) is 5.65 Å². The van der Waals surface area contributed by atoms with E-state index in [0.717, 1.165) is 6.07 Å². The second kappa shape index (κ2) is 3.87. The van der Waals surface area contributed by atoms with Crippen LogP contribution in [0.15, 0.2) is 12.3 Å². The van der Waals surface area contributed by atoms with Crippen LogP contribution in [-0.2, 0) is 6.18 Å². The Kier molecular flexibility index (Phi) is 2.77. The van der Waals surface area contributed by atoms with E-state index in [-0.39, 0.29) is 16.7 Å². The first-order valence-electron chi connectivity index (χ1n) is 4.91. The van der Waals surface area contributed by atoms with Crippen LogP contribution in [0.25, 0.3) is 11.0 Å². The molecule has 2 aromatic heterocycles. The average molecular weight is 264 g/mol. The first-order chi connectivity index (χ1) is 7.80. The third-order valence-electron chi connectivity index (χ3n) is 2.30. The Balaban J connectivity index is 2.74. The Labute approximate surface area is 100 Å². The molecule has 2 aromatic rings. The maximum absolute atomic E-state index is 12.6. The van der Waals surface area contributed by atoms with E-state index in [1.54, 1.807) is 0 Å². The molecular formula is C10H9ClF3N3. The van der Waals surface area contributed by atoms with Gasteiger partial charge < -0.3 is 0 Å². The van der Waals surface area contributed by atoms with Crippen molar-refractivity contribution < 1.29 is 13.2 Å². The van der Waals surface area contributed by atoms with Crippen molar-refractivity contribution in [3.8, 4) is 0 Å². The zero-order chi connectivity index (χ0) is 12.8. The summed E-state index contributed by atoms with van der Waals surface area (Å²) in [5.74, 6) is 0. The van der Waals surface area contributed by atoms with Crippen molar-refractivity contribution in [1.82, 2.24) is 14.8 Å². The van der Waals surface area contributed by atoms with E-state index in [1.807, 2.05) is 13.8 Å². The summed E-state index contributed by atoms with van der Waals surface area (Å²) in [5.41, 5.74) is -0.850. The van der Waals surface area contributed by atoms with Crippen molar-refractivity contribution >= 4 is 22.6 Å². The summed E-state index contributed by atoms with van der Waals surface area (Å²) in [4.78, 5) is 3.58. The molecule has 0 aliphatic heterocycles. The molecule has 0 aliphatic rings. The molecule has 0 atom stereocenters. The predicted octanol–water partition coefficient (Wildman–Crippen LogP) is 3.68. The Bertz CT molecular complexity index is 560. The highest BCUT2D eigenvalue weighted by molar-refractivity contribution is 6.35. The van der Waals surface area contributed by atoms with Crippen LogP contribution in [0.3, 0.4) is 0 Å². The van der Waals surface area contributed by atoms with Crippen molar-refractivity contribution in [2.24, 2.45) is 0 Å². The average Bonchev–Trinajstić information content (AvgIpc) is 2.60. The van der Waals surface area contributed by atoms with Crippen LogP contribution in [0.5, 0.6) is 0 Å². The van der Waals surface area contributed by atoms with Crippen molar-refractivity contribution in [2.45, 2.75) is 26.1 Å². The molecule has 0 saturated carbocycles. The summed E-state index contributed by atoms with van der Waals surface area (Å²) in [6.07, 6.45) is -3.09. The monoisotopic (exact) mass is 263 g/mol. The number of alkyl halides is 3. The summed E-state index contributed by atoms with van der Waals surface area (Å²) in [7, 11) is 0. The topological polar surface area (TPSA) is 30.7 Å². The largest absolute Gasteiger partial charge is 0.433 e. The third kappa shape index (κ3) is 2.09. The smallest absolute Gasteiger partial charge is 0.245 e. The summed E-state index contributed by atoms with van der Waals surface area (Å²) in [6, 6.07) is 0.732. The molecule has 0 spiro atoms. The van der Waals surface area contributed by atoms with E-state index >= 15 is 0 Å². The molecule has 0 aromatic carbocycles. The molecule has 0 bridgehead atoms. The third-order valence-corrected chi connectivity index (χ3v) is 2.61. The lowest BCUT2D eigenvalue weighted by Gasteiger charge is -2.09. The lowest BCUT2D eigenvalue weighted by atomic mass is 10.3. The number of rotatable bonds is 1. The lowest BCUT2D eigenvalue weighted by Crippen LogP contribution is -2.10. The molecule has 0 radical (unpaired) electrons. The Morgan fingerprint density at radius 2 is 2.00 bits per heavy atom. The number of pyridine rings is 1. The van der Waals surface area contributed by atoms with Gasteiger partial charge in [-0.1, -0.05) is 11.6 Å². The maximum atomic E-state index is 12.6. The van der Waals surface area contributed by atoms with Gasteiger partial charge in [0.1, 0.15) is 5.69 Å². The van der Waals surface area contributed by atoms with Gasteiger partial charge in [0.05, 0.1) is 16.6 Å². The Hall–Kier alpha value is -1.30. The lowest BCUT2D eigenvalue weighted by molar-refractivity contribution is -0.141. The highest BCUT2D eigenvalue weighted by Crippen LogP contribution is 2.33. The summed E-state index contributed by atoms with van der Waals surface area (Å²) in [6.45, 7) is 3.62. The van der Waals surface area contributed by atoms with Crippen molar-refractivity contribution in [1.29, 1.82) is 0 Å². The van der Waals surface area contributed by atoms with Crippen LogP contribution in [0.4, 0.5) is 13.2 Å². The molecular weight excluding hydrogens is 255 g/mol. The molecule has 2 rings (SSSR count). The van der Waals surface area contributed by atoms with Crippen LogP contribution >= 0.6 is 11.6 Å². The zero-order valence-electron chi connectivity index (χ0n) is 9.09. The van der Waals surface area contributed by atoms with Gasteiger partial charge in [-0.2, -0.15) is 18.3 Å². The summed E-state index contributed by atoms with van der Waals surface area (Å²) >= 11 is 5.79. The Morgan fingerprint density at radius 3 is 2.53 bits per heavy atom. The number of hydrogen-bond acceptors (Lipinski definition) is 2. The minimum atomic E-state index is -4.51. The molecule has 0 unspecified atom stereocenters. The van der Waals surface area contributed by atoms with E-state index in [0.29, 0.717) is 5.39 Å². The normalized spacial score (nSPS) is 12.6. The number of nitrogens with zero attached hydrogens (tertiary/aromatic N) is 3. The summed E-state index contributed by atoms with van der Waals surface area (Å²) < 4.78 is 39.2. The highest BCUT2D eigenvalue weighted by Gasteiger charge is 2.33. The first kappa shape index (κ1) is 12.2. The first-order valence-corrected chi connectivity index (χ1v) is 5.29. The highest BCUT2D eigenvalue weighted by atomic mass is 35.5. The fourth-order valence-corrected chi connectivity index (χ4v) is 1.74. The number of fused-ring (bicyclic) bond motifs is 1. The van der Waals surface area contributed by atoms with E-state index in [2.05, 4.69) is 10.1 Å². The number of hydrogen-bond donors (Lipinski definition) is 0. The molecule has 7 heteroatoms. The van der Waals surface area contributed by atoms with Crippen LogP contribution in [-0.4, -0.2) is 14.8 Å². The van der Waals surface area contributed by atoms with Gasteiger partial charge in [0, 0.05) is 6.04 Å². The number of aromatic nitrogens is 3. The molecule has 92 valence electrons. The Morgan fingerprint density at radius 1 is 1.35 bits per heavy atom. The molecule has 0 amide bonds. The van der Waals surface area contributed by atoms with Gasteiger partial charge in [-0.25, -0.2) is 9.67 Å². The molecule has 0 fully saturated rings. The van der Waals surface area contributed by atoms with Crippen LogP contribution < -0.4 is 0 Å². The van der Waals surface area contributed by atoms with E-state index in [4.69, 9.17) is 11.6 Å². The van der Waals surface area contributed by atoms with Gasteiger partial charge in [0.25, 0.3) is 0 Å². The van der Waals surface area contributed by atoms with Crippen LogP contribution in [0.2, 0.25) is 5.02 Å². The minimum Gasteiger partial charge on any atom is -0.245 e. The quantitative estimate of drug-likeness (QED) is 0.786. The SMILES string of the molecule is CC(C)n1ncc2c(Cl)cc(C(F)(F)F)nc21. The van der Waals surface area contributed by atoms with Crippen molar-refractivity contribution in [3.63, 3.8) is 0 Å². The second-order valence-corrected chi connectivity index (χ2v) is 4.31. The van der Waals surface area contributed by atoms with Crippen LogP contribution in [0, 0.1) is 0 Å². The molecule has 17 heavy (non-hydrogen) atoms. The molecule has 0 saturated heterocycles. The van der Waals surface area contributed by atoms with E-state index in [9.17, 15) is 13.2 Å². The van der Waals surface area contributed by atoms with Crippen LogP contribution in [0.1, 0.15) is 25.6 Å². The van der Waals surface area contributed by atoms with E-state index in [1.165, 1.54) is 10.9 Å². The molecule has 0 aliphatic carbocycles. The predicted molar refractivity (Wildman–Crippen MR) is 57.9 cm³/mol. The van der Waals surface area contributed by atoms with Crippen molar-refractivity contribution in [3.05, 3.63) is 23.0 Å². The number of halogens is 4. The molecule has 3 nitrogen and oxygen atoms in total. The van der Waals surface area contributed by atoms with Gasteiger partial charge in [-0.15, -0.1) is 0 Å². The van der Waals surface area contributed by atoms with Gasteiger partial charge in [-0.3, -0.25) is 0 Å². The van der Waals surface area contributed by atoms with Gasteiger partial charge in [0.2, 0.25) is 0 Å². The van der Waals surface area contributed by atoms with Gasteiger partial charge in [-0.05, 0) is 19.9 Å². The fourth-order valence-electron chi connectivity index (χ4n) is 1.50.